The number of nitrogens with zero attached hydrogens (tertiary/aromatic N) is 1. The number of ketones is 1. The van der Waals surface area contributed by atoms with Crippen LogP contribution in [0.2, 0.25) is 0 Å². The van der Waals surface area contributed by atoms with Gasteiger partial charge in [-0.05, 0) is 88.0 Å². The van der Waals surface area contributed by atoms with Crippen molar-refractivity contribution in [1.29, 1.82) is 0 Å². The van der Waals surface area contributed by atoms with Crippen LogP contribution in [0, 0.1) is 0 Å². The van der Waals surface area contributed by atoms with E-state index in [9.17, 15) is 38.7 Å². The Bertz CT molecular complexity index is 1930. The first-order valence-corrected chi connectivity index (χ1v) is 23.4. The molecular weight excluding hydrogens is 849 g/mol. The minimum Gasteiger partial charge on any atom is -0.507 e. The summed E-state index contributed by atoms with van der Waals surface area (Å²) in [6.07, 6.45) is 11.0. The molecular formula is C48H74N8O10. The number of benzene rings is 2. The monoisotopic (exact) mass is 923 g/mol. The number of aromatic hydroxyl groups is 1. The van der Waals surface area contributed by atoms with E-state index in [-0.39, 0.29) is 49.6 Å². The molecule has 1 aliphatic rings. The Hall–Kier alpha value is -5.59. The number of fused-ring (bicyclic) bond motifs is 5. The number of Topliss-reactive ketones (excluding diaryl/α,β-unsaturated/α-hetero) is 1. The third-order valence-corrected chi connectivity index (χ3v) is 11.4. The van der Waals surface area contributed by atoms with Crippen molar-refractivity contribution in [1.82, 2.24) is 31.5 Å². The third-order valence-electron chi connectivity index (χ3n) is 11.4. The molecule has 0 spiro atoms. The number of nitrogens with one attached hydrogen (secondary N) is 5. The molecule has 0 unspecified atom stereocenters. The van der Waals surface area contributed by atoms with E-state index in [1.165, 1.54) is 70.4 Å². The van der Waals surface area contributed by atoms with Gasteiger partial charge in [-0.2, -0.15) is 0 Å². The van der Waals surface area contributed by atoms with Crippen molar-refractivity contribution >= 4 is 41.3 Å². The summed E-state index contributed by atoms with van der Waals surface area (Å²) in [5.74, 6) is -4.28. The number of nitrogens with two attached hydrogens (primary N) is 2. The van der Waals surface area contributed by atoms with E-state index in [1.54, 1.807) is 30.3 Å². The summed E-state index contributed by atoms with van der Waals surface area (Å²) in [6, 6.07) is 3.37. The molecule has 5 amide bonds. The summed E-state index contributed by atoms with van der Waals surface area (Å²) < 4.78 is 10.8. The normalized spacial score (nSPS) is 17.0. The van der Waals surface area contributed by atoms with Crippen molar-refractivity contribution in [3.05, 3.63) is 47.5 Å². The van der Waals surface area contributed by atoms with Gasteiger partial charge in [-0.3, -0.25) is 33.6 Å². The Morgan fingerprint density at radius 1 is 0.864 bits per heavy atom. The molecule has 18 nitrogen and oxygen atoms in total. The highest BCUT2D eigenvalue weighted by Gasteiger charge is 2.36. The first kappa shape index (κ1) is 54.7. The Kier molecular flexibility index (Phi) is 24.2. The molecule has 2 aromatic carbocycles. The minimum absolute atomic E-state index is 0.105. The van der Waals surface area contributed by atoms with E-state index < -0.39 is 72.2 Å². The number of carbonyl (C=O) groups is 7. The van der Waals surface area contributed by atoms with Crippen LogP contribution in [0.1, 0.15) is 122 Å². The maximum Gasteiger partial charge on any atom is 0.303 e. The fourth-order valence-corrected chi connectivity index (χ4v) is 7.59. The van der Waals surface area contributed by atoms with E-state index in [0.717, 1.165) is 26.3 Å². The Morgan fingerprint density at radius 3 is 2.26 bits per heavy atom. The zero-order valence-electron chi connectivity index (χ0n) is 39.5. The summed E-state index contributed by atoms with van der Waals surface area (Å²) in [6.45, 7) is 7.48. The number of hydrogen-bond acceptors (Lipinski definition) is 13. The lowest BCUT2D eigenvalue weighted by Crippen LogP contribution is -2.57. The molecule has 0 aromatic heterocycles. The second-order valence-electron chi connectivity index (χ2n) is 16.9. The van der Waals surface area contributed by atoms with Crippen molar-refractivity contribution in [3.8, 4) is 22.6 Å². The van der Waals surface area contributed by atoms with E-state index >= 15 is 0 Å². The van der Waals surface area contributed by atoms with Crippen molar-refractivity contribution in [2.45, 2.75) is 141 Å². The van der Waals surface area contributed by atoms with Gasteiger partial charge in [0.1, 0.15) is 42.3 Å². The molecule has 18 heteroatoms. The standard InChI is InChI=1S/C48H74N8O10/c1-6-7-8-9-10-11-12-15-24-51-25-21-43(60)54-38(16-13-14-22-49)48(64)56(5)44-35-18-20-42(65-26-23-50)37(29-35)36-27-34(17-19-40(36)58)28-39(55-45(61)32(3)53-47(44)63)46(62)52-31(2)41(59)30-66-33(4)57/h17-20,27,29,31-32,38-39,44,51,58H,6-16,21-26,28,30,49-50H2,1-5H3,(H,52,62)(H,53,63)(H,54,60)(H,55,61)/t31-,32-,38-,39-,44-/m0/s1. The fraction of sp³-hybridized carbons (Fsp3) is 0.604. The molecule has 2 aromatic rings. The number of ether oxygens (including phenoxy) is 2. The lowest BCUT2D eigenvalue weighted by molar-refractivity contribution is -0.146. The molecule has 0 radical (unpaired) electrons. The maximum absolute atomic E-state index is 14.6. The third kappa shape index (κ3) is 18.0. The molecule has 4 bridgehead atoms. The Labute approximate surface area is 389 Å². The molecule has 10 N–H and O–H groups in total. The average molecular weight is 923 g/mol. The van der Waals surface area contributed by atoms with Gasteiger partial charge in [-0.1, -0.05) is 64.0 Å². The summed E-state index contributed by atoms with van der Waals surface area (Å²) in [7, 11) is 1.44. The molecule has 0 aliphatic carbocycles. The second-order valence-corrected chi connectivity index (χ2v) is 16.9. The predicted molar refractivity (Wildman–Crippen MR) is 251 cm³/mol. The van der Waals surface area contributed by atoms with E-state index in [1.807, 2.05) is 0 Å². The molecule has 366 valence electrons. The van der Waals surface area contributed by atoms with Crippen molar-refractivity contribution in [2.75, 3.05) is 46.4 Å². The fourth-order valence-electron chi connectivity index (χ4n) is 7.59. The SMILES string of the molecule is CCCCCCCCCCNCCC(=O)N[C@@H](CCCCN)C(=O)N(C)[C@@H]1C(=O)N[C@@H](C)C(=O)N[C@H](C(=O)N[C@@H](C)C(=O)COC(C)=O)Cc2ccc(O)c(c2)-c2cc1ccc2OCCN. The molecule has 0 saturated heterocycles. The van der Waals surface area contributed by atoms with Crippen LogP contribution >= 0.6 is 0 Å². The summed E-state index contributed by atoms with van der Waals surface area (Å²) in [5.41, 5.74) is 13.0. The summed E-state index contributed by atoms with van der Waals surface area (Å²) in [4.78, 5) is 95.1. The van der Waals surface area contributed by atoms with Crippen LogP contribution in [0.3, 0.4) is 0 Å². The van der Waals surface area contributed by atoms with Gasteiger partial charge in [0.2, 0.25) is 29.5 Å². The van der Waals surface area contributed by atoms with Crippen molar-refractivity contribution in [3.63, 3.8) is 0 Å². The number of likely N-dealkylation sites (N-methyl/N-ethyl adjacent to an activating group) is 1. The number of phenolic OH excluding ortho intramolecular Hbond substituents is 1. The molecule has 3 rings (SSSR count). The highest BCUT2D eigenvalue weighted by molar-refractivity contribution is 5.97. The second kappa shape index (κ2) is 29.1. The quantitative estimate of drug-likeness (QED) is 0.0474. The van der Waals surface area contributed by atoms with Gasteiger partial charge in [-0.15, -0.1) is 0 Å². The lowest BCUT2D eigenvalue weighted by Gasteiger charge is -2.32. The van der Waals surface area contributed by atoms with Gasteiger partial charge in [0.25, 0.3) is 0 Å². The number of esters is 1. The first-order valence-electron chi connectivity index (χ1n) is 23.4. The largest absolute Gasteiger partial charge is 0.507 e. The van der Waals surface area contributed by atoms with Gasteiger partial charge < -0.3 is 57.5 Å². The molecule has 66 heavy (non-hydrogen) atoms. The predicted octanol–water partition coefficient (Wildman–Crippen LogP) is 2.81. The molecule has 5 atom stereocenters. The number of unbranched alkanes of at least 4 members (excludes halogenated alkanes) is 8. The zero-order chi connectivity index (χ0) is 48.6. The van der Waals surface area contributed by atoms with Crippen LogP contribution < -0.4 is 42.8 Å². The molecule has 0 fully saturated rings. The highest BCUT2D eigenvalue weighted by Crippen LogP contribution is 2.39. The topological polar surface area (TPSA) is 274 Å². The molecule has 0 saturated carbocycles. The number of hydrogen-bond donors (Lipinski definition) is 8. The summed E-state index contributed by atoms with van der Waals surface area (Å²) in [5, 5.41) is 25.5. The first-order chi connectivity index (χ1) is 31.6. The van der Waals surface area contributed by atoms with Gasteiger partial charge in [0.15, 0.2) is 12.4 Å². The van der Waals surface area contributed by atoms with Gasteiger partial charge in [-0.25, -0.2) is 0 Å². The smallest absolute Gasteiger partial charge is 0.303 e. The van der Waals surface area contributed by atoms with Crippen LogP contribution in [0.5, 0.6) is 11.5 Å². The zero-order valence-corrected chi connectivity index (χ0v) is 39.5. The average Bonchev–Trinajstić information content (AvgIpc) is 3.28. The summed E-state index contributed by atoms with van der Waals surface area (Å²) >= 11 is 0. The van der Waals surface area contributed by atoms with Gasteiger partial charge in [0.05, 0.1) is 6.04 Å². The van der Waals surface area contributed by atoms with Gasteiger partial charge >= 0.3 is 5.97 Å². The Morgan fingerprint density at radius 2 is 1.58 bits per heavy atom. The van der Waals surface area contributed by atoms with Crippen LogP contribution in [-0.4, -0.2) is 122 Å². The Balaban J connectivity index is 1.96. The number of rotatable bonds is 27. The van der Waals surface area contributed by atoms with Crippen LogP contribution in [-0.2, 0) is 44.7 Å². The number of amides is 5. The molecule has 1 heterocycles. The van der Waals surface area contributed by atoms with Crippen LogP contribution in [0.4, 0.5) is 0 Å². The lowest BCUT2D eigenvalue weighted by atomic mass is 9.93. The van der Waals surface area contributed by atoms with Gasteiger partial charge in [0, 0.05) is 51.0 Å². The molecule has 1 aliphatic heterocycles. The van der Waals surface area contributed by atoms with E-state index in [4.69, 9.17) is 20.9 Å². The van der Waals surface area contributed by atoms with E-state index in [2.05, 4.69) is 33.5 Å². The van der Waals surface area contributed by atoms with Crippen molar-refractivity contribution in [2.24, 2.45) is 11.5 Å². The van der Waals surface area contributed by atoms with Crippen LogP contribution in [0.25, 0.3) is 11.1 Å². The maximum atomic E-state index is 14.6. The number of phenols is 1. The van der Waals surface area contributed by atoms with Crippen molar-refractivity contribution < 1.29 is 48.1 Å². The van der Waals surface area contributed by atoms with E-state index in [0.29, 0.717) is 48.4 Å². The highest BCUT2D eigenvalue weighted by atomic mass is 16.5. The van der Waals surface area contributed by atoms with Crippen LogP contribution in [0.15, 0.2) is 36.4 Å². The number of carbonyl (C=O) groups excluding carboxylic acids is 7. The minimum atomic E-state index is -1.38.